The van der Waals surface area contributed by atoms with E-state index in [1.807, 2.05) is 30.3 Å². The van der Waals surface area contributed by atoms with E-state index in [0.29, 0.717) is 5.57 Å². The van der Waals surface area contributed by atoms with Gasteiger partial charge in [-0.25, -0.2) is 0 Å². The number of benzene rings is 1. The van der Waals surface area contributed by atoms with E-state index >= 15 is 0 Å². The molecule has 1 aromatic rings. The van der Waals surface area contributed by atoms with E-state index in [0.717, 1.165) is 17.7 Å². The van der Waals surface area contributed by atoms with Gasteiger partial charge in [0.1, 0.15) is 0 Å². The van der Waals surface area contributed by atoms with Crippen molar-refractivity contribution in [2.75, 3.05) is 0 Å². The molecule has 0 bridgehead atoms. The molecular formula is C15H20O2S. The minimum absolute atomic E-state index is 0.0277. The minimum atomic E-state index is -0.0446. The molecule has 0 spiro atoms. The van der Waals surface area contributed by atoms with E-state index in [4.69, 9.17) is 0 Å². The number of aliphatic hydroxyl groups is 1. The van der Waals surface area contributed by atoms with Crippen LogP contribution in [0.3, 0.4) is 0 Å². The second kappa shape index (κ2) is 7.27. The fourth-order valence-corrected chi connectivity index (χ4v) is 3.35. The number of allylic oxidation sites excluding steroid dienone is 1. The lowest BCUT2D eigenvalue weighted by atomic mass is 10.0. The van der Waals surface area contributed by atoms with Crippen LogP contribution in [0, 0.1) is 0 Å². The van der Waals surface area contributed by atoms with Gasteiger partial charge in [-0.15, -0.1) is 11.8 Å². The smallest absolute Gasteiger partial charge is 0.160 e. The monoisotopic (exact) mass is 264 g/mol. The Labute approximate surface area is 113 Å². The molecule has 1 N–H and O–H groups in total. The van der Waals surface area contributed by atoms with Crippen molar-refractivity contribution in [1.29, 1.82) is 0 Å². The van der Waals surface area contributed by atoms with Crippen molar-refractivity contribution < 1.29 is 9.90 Å². The fourth-order valence-electron chi connectivity index (χ4n) is 1.90. The third-order valence-corrected chi connectivity index (χ3v) is 3.96. The van der Waals surface area contributed by atoms with Crippen LogP contribution < -0.4 is 0 Å². The number of rotatable bonds is 6. The number of Topliss-reactive ketones (excluding diaryl/α,β-unsaturated/α-hetero) is 1. The van der Waals surface area contributed by atoms with Gasteiger partial charge in [-0.3, -0.25) is 4.79 Å². The van der Waals surface area contributed by atoms with Crippen molar-refractivity contribution in [3.8, 4) is 0 Å². The lowest BCUT2D eigenvalue weighted by Crippen LogP contribution is -2.15. The summed E-state index contributed by atoms with van der Waals surface area (Å²) in [4.78, 5) is 12.8. The number of carbonyl (C=O) groups is 1. The normalized spacial score (nSPS) is 13.9. The van der Waals surface area contributed by atoms with Gasteiger partial charge in [-0.1, -0.05) is 31.5 Å². The molecule has 0 radical (unpaired) electrons. The zero-order chi connectivity index (χ0) is 13.5. The molecule has 1 atom stereocenters. The molecule has 0 heterocycles. The van der Waals surface area contributed by atoms with Gasteiger partial charge in [-0.2, -0.15) is 0 Å². The average molecular weight is 264 g/mol. The molecule has 3 heteroatoms. The molecule has 1 aromatic carbocycles. The third kappa shape index (κ3) is 4.22. The first kappa shape index (κ1) is 14.8. The average Bonchev–Trinajstić information content (AvgIpc) is 2.29. The number of hydrogen-bond acceptors (Lipinski definition) is 3. The third-order valence-electron chi connectivity index (χ3n) is 2.66. The molecular weight excluding hydrogens is 244 g/mol. The maximum absolute atomic E-state index is 11.7. The molecule has 1 unspecified atom stereocenters. The molecule has 0 saturated heterocycles. The highest BCUT2D eigenvalue weighted by atomic mass is 32.2. The Morgan fingerprint density at radius 2 is 1.89 bits per heavy atom. The highest BCUT2D eigenvalue weighted by molar-refractivity contribution is 8.00. The maximum Gasteiger partial charge on any atom is 0.160 e. The van der Waals surface area contributed by atoms with E-state index in [2.05, 4.69) is 6.92 Å². The molecule has 0 aliphatic heterocycles. The summed E-state index contributed by atoms with van der Waals surface area (Å²) in [6.07, 6.45) is 1.86. The van der Waals surface area contributed by atoms with Crippen LogP contribution in [0.2, 0.25) is 0 Å². The fraction of sp³-hybridized carbons (Fsp3) is 0.400. The second-order valence-corrected chi connectivity index (χ2v) is 5.54. The van der Waals surface area contributed by atoms with Gasteiger partial charge in [-0.05, 0) is 32.4 Å². The SMILES string of the molecule is CCCC(Sc1ccccc1)/C(C(C)=O)=C(\C)O. The van der Waals surface area contributed by atoms with E-state index < -0.39 is 0 Å². The van der Waals surface area contributed by atoms with Crippen molar-refractivity contribution in [3.05, 3.63) is 41.7 Å². The lowest BCUT2D eigenvalue weighted by Gasteiger charge is -2.18. The topological polar surface area (TPSA) is 37.3 Å². The van der Waals surface area contributed by atoms with Gasteiger partial charge in [0.25, 0.3) is 0 Å². The minimum Gasteiger partial charge on any atom is -0.512 e. The molecule has 18 heavy (non-hydrogen) atoms. The molecule has 0 saturated carbocycles. The van der Waals surface area contributed by atoms with E-state index in [1.165, 1.54) is 6.92 Å². The molecule has 0 aromatic heterocycles. The highest BCUT2D eigenvalue weighted by Gasteiger charge is 2.21. The van der Waals surface area contributed by atoms with Crippen molar-refractivity contribution in [1.82, 2.24) is 0 Å². The van der Waals surface area contributed by atoms with E-state index in [1.54, 1.807) is 18.7 Å². The number of thioether (sulfide) groups is 1. The van der Waals surface area contributed by atoms with Gasteiger partial charge in [0.05, 0.1) is 5.76 Å². The second-order valence-electron chi connectivity index (χ2n) is 4.26. The lowest BCUT2D eigenvalue weighted by molar-refractivity contribution is -0.113. The Hall–Kier alpha value is -1.22. The predicted octanol–water partition coefficient (Wildman–Crippen LogP) is 4.37. The molecule has 1 rings (SSSR count). The van der Waals surface area contributed by atoms with Gasteiger partial charge in [0.2, 0.25) is 0 Å². The zero-order valence-electron chi connectivity index (χ0n) is 11.1. The Morgan fingerprint density at radius 3 is 2.33 bits per heavy atom. The van der Waals surface area contributed by atoms with Crippen LogP contribution in [-0.4, -0.2) is 16.1 Å². The molecule has 2 nitrogen and oxygen atoms in total. The summed E-state index contributed by atoms with van der Waals surface area (Å²) in [5, 5.41) is 9.73. The first-order chi connectivity index (χ1) is 8.56. The van der Waals surface area contributed by atoms with Crippen LogP contribution in [-0.2, 0) is 4.79 Å². The molecule has 0 aliphatic carbocycles. The van der Waals surface area contributed by atoms with Crippen molar-refractivity contribution in [2.45, 2.75) is 43.8 Å². The molecule has 0 amide bonds. The van der Waals surface area contributed by atoms with Crippen LogP contribution in [0.15, 0.2) is 46.6 Å². The first-order valence-electron chi connectivity index (χ1n) is 6.18. The number of carbonyl (C=O) groups excluding carboxylic acids is 1. The number of hydrogen-bond donors (Lipinski definition) is 1. The summed E-state index contributed by atoms with van der Waals surface area (Å²) in [5.74, 6) is 0.0984. The largest absolute Gasteiger partial charge is 0.512 e. The van der Waals surface area contributed by atoms with Crippen molar-refractivity contribution >= 4 is 17.5 Å². The van der Waals surface area contributed by atoms with Gasteiger partial charge in [0, 0.05) is 15.7 Å². The zero-order valence-corrected chi connectivity index (χ0v) is 12.0. The number of aliphatic hydroxyl groups excluding tert-OH is 1. The first-order valence-corrected chi connectivity index (χ1v) is 7.06. The Kier molecular flexibility index (Phi) is 5.99. The Morgan fingerprint density at radius 1 is 1.28 bits per heavy atom. The van der Waals surface area contributed by atoms with Crippen LogP contribution >= 0.6 is 11.8 Å². The molecule has 0 aliphatic rings. The molecule has 0 fully saturated rings. The Balaban J connectivity index is 2.96. The van der Waals surface area contributed by atoms with Crippen LogP contribution in [0.1, 0.15) is 33.6 Å². The van der Waals surface area contributed by atoms with E-state index in [9.17, 15) is 9.90 Å². The summed E-state index contributed by atoms with van der Waals surface area (Å²) in [7, 11) is 0. The maximum atomic E-state index is 11.7. The van der Waals surface area contributed by atoms with Crippen molar-refractivity contribution in [3.63, 3.8) is 0 Å². The summed E-state index contributed by atoms with van der Waals surface area (Å²) in [6.45, 7) is 5.19. The summed E-state index contributed by atoms with van der Waals surface area (Å²) < 4.78 is 0. The van der Waals surface area contributed by atoms with Gasteiger partial charge in [0.15, 0.2) is 5.78 Å². The van der Waals surface area contributed by atoms with Gasteiger partial charge >= 0.3 is 0 Å². The van der Waals surface area contributed by atoms with Crippen LogP contribution in [0.5, 0.6) is 0 Å². The number of ketones is 1. The quantitative estimate of drug-likeness (QED) is 0.471. The van der Waals surface area contributed by atoms with Crippen LogP contribution in [0.25, 0.3) is 0 Å². The highest BCUT2D eigenvalue weighted by Crippen LogP contribution is 2.32. The molecule has 98 valence electrons. The summed E-state index contributed by atoms with van der Waals surface area (Å²) in [6, 6.07) is 9.98. The van der Waals surface area contributed by atoms with Gasteiger partial charge < -0.3 is 5.11 Å². The van der Waals surface area contributed by atoms with Crippen LogP contribution in [0.4, 0.5) is 0 Å². The summed E-state index contributed by atoms with van der Waals surface area (Å²) >= 11 is 1.64. The van der Waals surface area contributed by atoms with E-state index in [-0.39, 0.29) is 16.8 Å². The predicted molar refractivity (Wildman–Crippen MR) is 77.0 cm³/mol. The standard InChI is InChI=1S/C15H20O2S/c1-4-8-14(15(11(2)16)12(3)17)18-13-9-6-5-7-10-13/h5-7,9-10,14,16H,4,8H2,1-3H3/b15-11+. The summed E-state index contributed by atoms with van der Waals surface area (Å²) in [5.41, 5.74) is 0.547. The van der Waals surface area contributed by atoms with Crippen molar-refractivity contribution in [2.24, 2.45) is 0 Å². The Bertz CT molecular complexity index is 419.